The summed E-state index contributed by atoms with van der Waals surface area (Å²) in [5.74, 6) is -1.63. The molecule has 1 aromatic heterocycles. The van der Waals surface area contributed by atoms with Gasteiger partial charge in [0.05, 0.1) is 4.90 Å². The summed E-state index contributed by atoms with van der Waals surface area (Å²) in [5, 5.41) is 5.78. The summed E-state index contributed by atoms with van der Waals surface area (Å²) in [6, 6.07) is 10.0. The van der Waals surface area contributed by atoms with Crippen molar-refractivity contribution in [1.29, 1.82) is 0 Å². The molecule has 0 radical (unpaired) electrons. The SMILES string of the molecule is Cc1ccc(S(=O)(=O)[C@@H](CNC(=O)C(=O)NCCN(C)C)c2cccs2)cc1. The highest BCUT2D eigenvalue weighted by Crippen LogP contribution is 2.31. The zero-order valence-corrected chi connectivity index (χ0v) is 17.8. The van der Waals surface area contributed by atoms with Crippen LogP contribution in [-0.4, -0.2) is 58.9 Å². The molecule has 28 heavy (non-hydrogen) atoms. The molecule has 1 aromatic carbocycles. The Morgan fingerprint density at radius 2 is 1.71 bits per heavy atom. The molecular formula is C19H25N3O4S2. The third kappa shape index (κ3) is 5.88. The van der Waals surface area contributed by atoms with Crippen molar-refractivity contribution in [1.82, 2.24) is 15.5 Å². The van der Waals surface area contributed by atoms with E-state index in [4.69, 9.17) is 0 Å². The molecular weight excluding hydrogens is 398 g/mol. The first kappa shape index (κ1) is 22.1. The molecule has 1 atom stereocenters. The molecule has 2 aromatic rings. The Labute approximate surface area is 169 Å². The van der Waals surface area contributed by atoms with Gasteiger partial charge in [0.25, 0.3) is 0 Å². The molecule has 0 unspecified atom stereocenters. The molecule has 0 aliphatic carbocycles. The first-order chi connectivity index (χ1) is 13.2. The smallest absolute Gasteiger partial charge is 0.309 e. The number of aryl methyl sites for hydroxylation is 1. The molecule has 0 saturated heterocycles. The van der Waals surface area contributed by atoms with Crippen LogP contribution in [0.4, 0.5) is 0 Å². The number of rotatable bonds is 8. The summed E-state index contributed by atoms with van der Waals surface area (Å²) in [5.41, 5.74) is 0.953. The highest BCUT2D eigenvalue weighted by molar-refractivity contribution is 7.91. The van der Waals surface area contributed by atoms with Crippen LogP contribution in [0.3, 0.4) is 0 Å². The number of carbonyl (C=O) groups is 2. The molecule has 7 nitrogen and oxygen atoms in total. The van der Waals surface area contributed by atoms with Gasteiger partial charge >= 0.3 is 11.8 Å². The Hall–Kier alpha value is -2.23. The van der Waals surface area contributed by atoms with Crippen molar-refractivity contribution in [2.24, 2.45) is 0 Å². The summed E-state index contributed by atoms with van der Waals surface area (Å²) in [7, 11) is -0.0231. The van der Waals surface area contributed by atoms with Gasteiger partial charge in [0, 0.05) is 24.5 Å². The maximum Gasteiger partial charge on any atom is 0.309 e. The van der Waals surface area contributed by atoms with Gasteiger partial charge in [-0.15, -0.1) is 11.3 Å². The van der Waals surface area contributed by atoms with E-state index in [9.17, 15) is 18.0 Å². The Morgan fingerprint density at radius 1 is 1.07 bits per heavy atom. The summed E-state index contributed by atoms with van der Waals surface area (Å²) >= 11 is 1.30. The molecule has 0 aliphatic rings. The van der Waals surface area contributed by atoms with Gasteiger partial charge < -0.3 is 15.5 Å². The lowest BCUT2D eigenvalue weighted by Gasteiger charge is -2.17. The first-order valence-corrected chi connectivity index (χ1v) is 11.2. The Balaban J connectivity index is 2.11. The number of nitrogens with zero attached hydrogens (tertiary/aromatic N) is 1. The van der Waals surface area contributed by atoms with Crippen LogP contribution in [0.1, 0.15) is 15.7 Å². The zero-order chi connectivity index (χ0) is 20.7. The van der Waals surface area contributed by atoms with E-state index in [1.54, 1.807) is 41.8 Å². The number of benzene rings is 1. The second-order valence-electron chi connectivity index (χ2n) is 6.63. The maximum atomic E-state index is 13.1. The number of likely N-dealkylation sites (N-methyl/N-ethyl adjacent to an activating group) is 1. The van der Waals surface area contributed by atoms with Gasteiger partial charge in [-0.2, -0.15) is 0 Å². The molecule has 0 aliphatic heterocycles. The van der Waals surface area contributed by atoms with Crippen molar-refractivity contribution < 1.29 is 18.0 Å². The summed E-state index contributed by atoms with van der Waals surface area (Å²) in [6.07, 6.45) is 0. The Morgan fingerprint density at radius 3 is 2.29 bits per heavy atom. The molecule has 0 bridgehead atoms. The van der Waals surface area contributed by atoms with E-state index < -0.39 is 26.9 Å². The van der Waals surface area contributed by atoms with Gasteiger partial charge in [-0.05, 0) is 44.6 Å². The summed E-state index contributed by atoms with van der Waals surface area (Å²) < 4.78 is 26.2. The van der Waals surface area contributed by atoms with Gasteiger partial charge in [-0.25, -0.2) is 8.42 Å². The van der Waals surface area contributed by atoms with Crippen molar-refractivity contribution in [2.75, 3.05) is 33.7 Å². The molecule has 0 spiro atoms. The molecule has 0 fully saturated rings. The highest BCUT2D eigenvalue weighted by Gasteiger charge is 2.31. The lowest BCUT2D eigenvalue weighted by molar-refractivity contribution is -0.139. The van der Waals surface area contributed by atoms with Crippen LogP contribution in [0.25, 0.3) is 0 Å². The Kier molecular flexibility index (Phi) is 7.73. The van der Waals surface area contributed by atoms with Gasteiger partial charge in [0.2, 0.25) is 0 Å². The third-order valence-corrected chi connectivity index (χ3v) is 7.32. The predicted octanol–water partition coefficient (Wildman–Crippen LogP) is 1.37. The van der Waals surface area contributed by atoms with E-state index in [2.05, 4.69) is 10.6 Å². The van der Waals surface area contributed by atoms with Gasteiger partial charge in [-0.3, -0.25) is 9.59 Å². The average molecular weight is 424 g/mol. The van der Waals surface area contributed by atoms with Crippen LogP contribution < -0.4 is 10.6 Å². The molecule has 1 heterocycles. The largest absolute Gasteiger partial charge is 0.347 e. The molecule has 2 N–H and O–H groups in total. The van der Waals surface area contributed by atoms with E-state index in [0.29, 0.717) is 18.0 Å². The number of hydrogen-bond donors (Lipinski definition) is 2. The predicted molar refractivity (Wildman–Crippen MR) is 110 cm³/mol. The normalized spacial score (nSPS) is 12.6. The molecule has 2 amide bonds. The van der Waals surface area contributed by atoms with Crippen LogP contribution in [0.15, 0.2) is 46.7 Å². The summed E-state index contributed by atoms with van der Waals surface area (Å²) in [4.78, 5) is 26.6. The van der Waals surface area contributed by atoms with Crippen molar-refractivity contribution in [3.05, 3.63) is 52.2 Å². The van der Waals surface area contributed by atoms with E-state index in [-0.39, 0.29) is 11.4 Å². The minimum Gasteiger partial charge on any atom is -0.347 e. The number of carbonyl (C=O) groups excluding carboxylic acids is 2. The van der Waals surface area contributed by atoms with Crippen LogP contribution in [0.5, 0.6) is 0 Å². The quantitative estimate of drug-likeness (QED) is 0.625. The van der Waals surface area contributed by atoms with E-state index in [1.165, 1.54) is 11.3 Å². The fourth-order valence-electron chi connectivity index (χ4n) is 2.47. The lowest BCUT2D eigenvalue weighted by atomic mass is 10.2. The third-order valence-electron chi connectivity index (χ3n) is 4.08. The Bertz CT molecular complexity index is 892. The first-order valence-electron chi connectivity index (χ1n) is 8.76. The molecule has 9 heteroatoms. The lowest BCUT2D eigenvalue weighted by Crippen LogP contribution is -2.43. The van der Waals surface area contributed by atoms with Crippen LogP contribution in [-0.2, 0) is 19.4 Å². The second kappa shape index (κ2) is 9.81. The fraction of sp³-hybridized carbons (Fsp3) is 0.368. The monoisotopic (exact) mass is 423 g/mol. The summed E-state index contributed by atoms with van der Waals surface area (Å²) in [6.45, 7) is 2.62. The van der Waals surface area contributed by atoms with E-state index in [0.717, 1.165) is 5.56 Å². The van der Waals surface area contributed by atoms with E-state index in [1.807, 2.05) is 25.9 Å². The van der Waals surface area contributed by atoms with Crippen LogP contribution in [0.2, 0.25) is 0 Å². The number of nitrogens with one attached hydrogen (secondary N) is 2. The van der Waals surface area contributed by atoms with Gasteiger partial charge in [0.1, 0.15) is 5.25 Å². The number of thiophene rings is 1. The molecule has 2 rings (SSSR count). The van der Waals surface area contributed by atoms with Crippen molar-refractivity contribution in [2.45, 2.75) is 17.1 Å². The van der Waals surface area contributed by atoms with Crippen molar-refractivity contribution >= 4 is 33.0 Å². The number of amides is 2. The standard InChI is InChI=1S/C19H25N3O4S2/c1-14-6-8-15(9-7-14)28(25,26)17(16-5-4-12-27-16)13-21-19(24)18(23)20-10-11-22(2)3/h4-9,12,17H,10-11,13H2,1-3H3,(H,20,23)(H,21,24)/t17-/m0/s1. The average Bonchev–Trinajstić information content (AvgIpc) is 3.15. The zero-order valence-electron chi connectivity index (χ0n) is 16.1. The minimum absolute atomic E-state index is 0.182. The van der Waals surface area contributed by atoms with Crippen molar-refractivity contribution in [3.63, 3.8) is 0 Å². The minimum atomic E-state index is -3.73. The molecule has 0 saturated carbocycles. The number of hydrogen-bond acceptors (Lipinski definition) is 6. The van der Waals surface area contributed by atoms with Crippen LogP contribution >= 0.6 is 11.3 Å². The highest BCUT2D eigenvalue weighted by atomic mass is 32.2. The number of sulfone groups is 1. The van der Waals surface area contributed by atoms with Crippen molar-refractivity contribution in [3.8, 4) is 0 Å². The van der Waals surface area contributed by atoms with Gasteiger partial charge in [0.15, 0.2) is 9.84 Å². The maximum absolute atomic E-state index is 13.1. The second-order valence-corrected chi connectivity index (χ2v) is 9.74. The van der Waals surface area contributed by atoms with Gasteiger partial charge in [-0.1, -0.05) is 23.8 Å². The molecule has 152 valence electrons. The topological polar surface area (TPSA) is 95.6 Å². The van der Waals surface area contributed by atoms with E-state index >= 15 is 0 Å². The van der Waals surface area contributed by atoms with Crippen LogP contribution in [0, 0.1) is 6.92 Å². The fourth-order valence-corrected chi connectivity index (χ4v) is 5.25.